The van der Waals surface area contributed by atoms with E-state index in [0.29, 0.717) is 23.7 Å². The molecule has 0 saturated carbocycles. The summed E-state index contributed by atoms with van der Waals surface area (Å²) >= 11 is 0. The van der Waals surface area contributed by atoms with Gasteiger partial charge in [-0.1, -0.05) is 44.2 Å². The fourth-order valence-electron chi connectivity index (χ4n) is 3.66. The van der Waals surface area contributed by atoms with Crippen LogP contribution in [0.15, 0.2) is 39.9 Å². The smallest absolute Gasteiger partial charge is 0.332 e. The van der Waals surface area contributed by atoms with Crippen LogP contribution in [0.4, 0.5) is 5.95 Å². The van der Waals surface area contributed by atoms with E-state index in [1.807, 2.05) is 41.8 Å². The van der Waals surface area contributed by atoms with Crippen molar-refractivity contribution in [3.05, 3.63) is 56.7 Å². The summed E-state index contributed by atoms with van der Waals surface area (Å²) in [4.78, 5) is 32.4. The van der Waals surface area contributed by atoms with Gasteiger partial charge in [0.15, 0.2) is 11.2 Å². The average molecular weight is 399 g/mol. The Bertz CT molecular complexity index is 1090. The van der Waals surface area contributed by atoms with Gasteiger partial charge < -0.3 is 10.2 Å². The Morgan fingerprint density at radius 1 is 1.07 bits per heavy atom. The van der Waals surface area contributed by atoms with Crippen LogP contribution in [0, 0.1) is 0 Å². The van der Waals surface area contributed by atoms with Crippen molar-refractivity contribution < 1.29 is 0 Å². The van der Waals surface area contributed by atoms with Crippen LogP contribution in [-0.4, -0.2) is 49.8 Å². The van der Waals surface area contributed by atoms with Crippen molar-refractivity contribution in [1.82, 2.24) is 23.6 Å². The van der Waals surface area contributed by atoms with Crippen LogP contribution >= 0.6 is 0 Å². The quantitative estimate of drug-likeness (QED) is 0.626. The van der Waals surface area contributed by atoms with Crippen LogP contribution in [0.2, 0.25) is 0 Å². The maximum Gasteiger partial charge on any atom is 0.332 e. The monoisotopic (exact) mass is 398 g/mol. The van der Waals surface area contributed by atoms with Crippen molar-refractivity contribution in [1.29, 1.82) is 0 Å². The number of likely N-dealkylation sites (N-methyl/N-ethyl adjacent to an activating group) is 1. The highest BCUT2D eigenvalue weighted by Gasteiger charge is 2.23. The molecule has 2 heterocycles. The number of anilines is 1. The molecule has 1 N–H and O–H groups in total. The van der Waals surface area contributed by atoms with Crippen LogP contribution < -0.4 is 16.6 Å². The molecule has 0 aliphatic carbocycles. The van der Waals surface area contributed by atoms with E-state index < -0.39 is 0 Å². The Morgan fingerprint density at radius 2 is 1.72 bits per heavy atom. The summed E-state index contributed by atoms with van der Waals surface area (Å²) in [5.74, 6) is 0.599. The number of hydrogen-bond donors (Lipinski definition) is 1. The molecule has 0 unspecified atom stereocenters. The number of nitrogens with zero attached hydrogens (tertiary/aromatic N) is 5. The largest absolute Gasteiger partial charge is 0.354 e. The van der Waals surface area contributed by atoms with Crippen molar-refractivity contribution in [3.63, 3.8) is 0 Å². The van der Waals surface area contributed by atoms with Crippen LogP contribution in [0.5, 0.6) is 0 Å². The highest BCUT2D eigenvalue weighted by Crippen LogP contribution is 2.26. The summed E-state index contributed by atoms with van der Waals surface area (Å²) in [6.45, 7) is 9.82. The maximum atomic E-state index is 13.0. The lowest BCUT2D eigenvalue weighted by Crippen LogP contribution is -2.37. The second-order valence-corrected chi connectivity index (χ2v) is 7.22. The lowest BCUT2D eigenvalue weighted by Gasteiger charge is -2.21. The van der Waals surface area contributed by atoms with Crippen LogP contribution in [0.1, 0.15) is 32.4 Å². The van der Waals surface area contributed by atoms with Crippen LogP contribution in [-0.2, 0) is 14.1 Å². The first-order chi connectivity index (χ1) is 13.9. The lowest BCUT2D eigenvalue weighted by molar-refractivity contribution is 0.315. The number of nitrogens with one attached hydrogen (secondary N) is 1. The number of imidazole rings is 1. The number of hydrogen-bond acceptors (Lipinski definition) is 5. The Morgan fingerprint density at radius 3 is 2.34 bits per heavy atom. The molecule has 8 heteroatoms. The third kappa shape index (κ3) is 3.85. The first-order valence-corrected chi connectivity index (χ1v) is 10.1. The molecule has 2 aromatic heterocycles. The zero-order valence-corrected chi connectivity index (χ0v) is 17.8. The van der Waals surface area contributed by atoms with Gasteiger partial charge in [0.2, 0.25) is 5.95 Å². The van der Waals surface area contributed by atoms with Gasteiger partial charge in [-0.25, -0.2) is 4.79 Å². The molecule has 0 bridgehead atoms. The van der Waals surface area contributed by atoms with E-state index in [9.17, 15) is 9.59 Å². The fourth-order valence-corrected chi connectivity index (χ4v) is 3.66. The standard InChI is InChI=1S/C21H30N6O2/c1-6-26(7-2)14-13-22-20-23-18-17(19(28)25(5)21(29)24(18)4)27(20)15(3)16-11-9-8-10-12-16/h8-12,15H,6-7,13-14H2,1-5H3,(H,22,23)/t15-/m0/s1. The predicted octanol–water partition coefficient (Wildman–Crippen LogP) is 1.80. The number of rotatable bonds is 8. The summed E-state index contributed by atoms with van der Waals surface area (Å²) in [5, 5.41) is 3.39. The molecule has 0 radical (unpaired) electrons. The van der Waals surface area contributed by atoms with E-state index in [1.54, 1.807) is 7.05 Å². The second kappa shape index (κ2) is 8.65. The van der Waals surface area contributed by atoms with Crippen molar-refractivity contribution in [2.24, 2.45) is 14.1 Å². The zero-order chi connectivity index (χ0) is 21.1. The molecule has 0 aliphatic heterocycles. The van der Waals surface area contributed by atoms with Gasteiger partial charge in [0.1, 0.15) is 0 Å². The van der Waals surface area contributed by atoms with Gasteiger partial charge in [-0.15, -0.1) is 0 Å². The third-order valence-corrected chi connectivity index (χ3v) is 5.57. The zero-order valence-electron chi connectivity index (χ0n) is 17.8. The number of aryl methyl sites for hydroxylation is 1. The highest BCUT2D eigenvalue weighted by molar-refractivity contribution is 5.74. The molecular weight excluding hydrogens is 368 g/mol. The van der Waals surface area contributed by atoms with Crippen molar-refractivity contribution >= 4 is 17.1 Å². The molecule has 0 fully saturated rings. The molecule has 0 saturated heterocycles. The highest BCUT2D eigenvalue weighted by atomic mass is 16.2. The first-order valence-electron chi connectivity index (χ1n) is 10.1. The van der Waals surface area contributed by atoms with Crippen molar-refractivity contribution in [2.75, 3.05) is 31.5 Å². The lowest BCUT2D eigenvalue weighted by atomic mass is 10.1. The Labute approximate surface area is 170 Å². The van der Waals surface area contributed by atoms with Gasteiger partial charge in [-0.3, -0.25) is 18.5 Å². The molecule has 1 aromatic carbocycles. The molecule has 0 aliphatic rings. The molecule has 1 atom stereocenters. The topological polar surface area (TPSA) is 77.1 Å². The number of benzene rings is 1. The molecular formula is C21H30N6O2. The normalized spacial score (nSPS) is 12.6. The SMILES string of the molecule is CCN(CC)CCNc1nc2c(c(=O)n(C)c(=O)n2C)n1[C@@H](C)c1ccccc1. The van der Waals surface area contributed by atoms with Crippen molar-refractivity contribution in [2.45, 2.75) is 26.8 Å². The minimum atomic E-state index is -0.380. The van der Waals surface area contributed by atoms with Crippen molar-refractivity contribution in [3.8, 4) is 0 Å². The Balaban J connectivity index is 2.14. The minimum Gasteiger partial charge on any atom is -0.354 e. The van der Waals surface area contributed by atoms with Crippen LogP contribution in [0.3, 0.4) is 0 Å². The summed E-state index contributed by atoms with van der Waals surface area (Å²) in [6, 6.07) is 9.86. The van der Waals surface area contributed by atoms with E-state index in [1.165, 1.54) is 11.6 Å². The van der Waals surface area contributed by atoms with E-state index in [2.05, 4.69) is 29.0 Å². The number of fused-ring (bicyclic) bond motifs is 1. The van der Waals surface area contributed by atoms with Gasteiger partial charge in [0.05, 0.1) is 6.04 Å². The van der Waals surface area contributed by atoms with Gasteiger partial charge in [-0.05, 0) is 25.6 Å². The predicted molar refractivity (Wildman–Crippen MR) is 117 cm³/mol. The van der Waals surface area contributed by atoms with Crippen LogP contribution in [0.25, 0.3) is 11.2 Å². The first kappa shape index (κ1) is 20.9. The maximum absolute atomic E-state index is 13.0. The molecule has 156 valence electrons. The molecule has 0 spiro atoms. The summed E-state index contributed by atoms with van der Waals surface area (Å²) in [7, 11) is 3.15. The second-order valence-electron chi connectivity index (χ2n) is 7.22. The Kier molecular flexibility index (Phi) is 6.22. The average Bonchev–Trinajstić information content (AvgIpc) is 3.13. The molecule has 0 amide bonds. The molecule has 3 aromatic rings. The third-order valence-electron chi connectivity index (χ3n) is 5.57. The van der Waals surface area contributed by atoms with E-state index in [-0.39, 0.29) is 17.3 Å². The molecule has 8 nitrogen and oxygen atoms in total. The fraction of sp³-hybridized carbons (Fsp3) is 0.476. The molecule has 3 rings (SSSR count). The summed E-state index contributed by atoms with van der Waals surface area (Å²) < 4.78 is 4.48. The summed E-state index contributed by atoms with van der Waals surface area (Å²) in [6.07, 6.45) is 0. The van der Waals surface area contributed by atoms with Gasteiger partial charge >= 0.3 is 5.69 Å². The van der Waals surface area contributed by atoms with E-state index in [4.69, 9.17) is 0 Å². The Hall–Kier alpha value is -2.87. The van der Waals surface area contributed by atoms with E-state index >= 15 is 0 Å². The number of aromatic nitrogens is 4. The minimum absolute atomic E-state index is 0.123. The van der Waals surface area contributed by atoms with Gasteiger partial charge in [0.25, 0.3) is 5.56 Å². The molecule has 29 heavy (non-hydrogen) atoms. The van der Waals surface area contributed by atoms with E-state index in [0.717, 1.165) is 29.8 Å². The summed E-state index contributed by atoms with van der Waals surface area (Å²) in [5.41, 5.74) is 1.17. The van der Waals surface area contributed by atoms with Gasteiger partial charge in [0, 0.05) is 27.2 Å². The van der Waals surface area contributed by atoms with Gasteiger partial charge in [-0.2, -0.15) is 4.98 Å².